The van der Waals surface area contributed by atoms with Gasteiger partial charge < -0.3 is 4.74 Å². The molecule has 0 radical (unpaired) electrons. The zero-order valence-corrected chi connectivity index (χ0v) is 18.7. The van der Waals surface area contributed by atoms with Crippen LogP contribution in [0.3, 0.4) is 0 Å². The first-order valence-corrected chi connectivity index (χ1v) is 10.8. The van der Waals surface area contributed by atoms with Crippen LogP contribution in [0.4, 0.5) is 0 Å². The molecule has 0 amide bonds. The Balaban J connectivity index is 1.47. The Bertz CT molecular complexity index is 1360. The van der Waals surface area contributed by atoms with Crippen LogP contribution in [0, 0.1) is 13.8 Å². The lowest BCUT2D eigenvalue weighted by Gasteiger charge is -2.16. The summed E-state index contributed by atoms with van der Waals surface area (Å²) < 4.78 is 10.7. The smallest absolute Gasteiger partial charge is 0.368 e. The van der Waals surface area contributed by atoms with E-state index in [1.54, 1.807) is 7.05 Å². The summed E-state index contributed by atoms with van der Waals surface area (Å²) in [5.74, 6) is 1.32. The second kappa shape index (κ2) is 7.78. The van der Waals surface area contributed by atoms with Crippen LogP contribution in [0.1, 0.15) is 41.0 Å². The highest BCUT2D eigenvalue weighted by Gasteiger charge is 2.28. The van der Waals surface area contributed by atoms with Crippen molar-refractivity contribution in [3.63, 3.8) is 0 Å². The number of nitrogens with zero attached hydrogens (tertiary/aromatic N) is 6. The van der Waals surface area contributed by atoms with E-state index in [0.717, 1.165) is 52.2 Å². The summed E-state index contributed by atoms with van der Waals surface area (Å²) in [6.45, 7) is 4.46. The first-order valence-electron chi connectivity index (χ1n) is 10.8. The summed E-state index contributed by atoms with van der Waals surface area (Å²) in [5.41, 5.74) is 6.88. The maximum absolute atomic E-state index is 12.5. The van der Waals surface area contributed by atoms with Gasteiger partial charge in [-0.2, -0.15) is 14.5 Å². The Labute approximate surface area is 186 Å². The number of hydrogen-bond donors (Lipinski definition) is 0. The molecule has 164 valence electrons. The maximum Gasteiger partial charge on any atom is 0.368 e. The first kappa shape index (κ1) is 20.2. The summed E-state index contributed by atoms with van der Waals surface area (Å²) in [4.78, 5) is 12.5. The monoisotopic (exact) mass is 430 g/mol. The fraction of sp³-hybridized carbons (Fsp3) is 0.333. The minimum Gasteiger partial charge on any atom is -0.489 e. The van der Waals surface area contributed by atoms with Crippen molar-refractivity contribution in [3.05, 3.63) is 75.3 Å². The highest BCUT2D eigenvalue weighted by atomic mass is 16.5. The molecular weight excluding hydrogens is 404 g/mol. The van der Waals surface area contributed by atoms with Gasteiger partial charge in [0, 0.05) is 31.4 Å². The van der Waals surface area contributed by atoms with Gasteiger partial charge in [0.15, 0.2) is 0 Å². The zero-order chi connectivity index (χ0) is 22.4. The molecule has 1 aliphatic rings. The minimum atomic E-state index is -0.273. The molecule has 8 nitrogen and oxygen atoms in total. The van der Waals surface area contributed by atoms with E-state index >= 15 is 0 Å². The van der Waals surface area contributed by atoms with Gasteiger partial charge in [-0.15, -0.1) is 0 Å². The SMILES string of the molecule is Cc1cc(-c2nn(C)cc2C)ccc1OCc1c(C2CC2)cccc1-n1nnn(C)c1=O. The lowest BCUT2D eigenvalue weighted by atomic mass is 10.0. The second-order valence-corrected chi connectivity index (χ2v) is 8.52. The number of tetrazole rings is 1. The highest BCUT2D eigenvalue weighted by molar-refractivity contribution is 5.64. The van der Waals surface area contributed by atoms with Gasteiger partial charge >= 0.3 is 5.69 Å². The molecule has 2 heterocycles. The van der Waals surface area contributed by atoms with E-state index in [1.807, 2.05) is 49.1 Å². The summed E-state index contributed by atoms with van der Waals surface area (Å²) in [5, 5.41) is 12.5. The molecule has 2 aromatic heterocycles. The van der Waals surface area contributed by atoms with Crippen LogP contribution in [-0.4, -0.2) is 29.6 Å². The van der Waals surface area contributed by atoms with Gasteiger partial charge in [-0.05, 0) is 84.0 Å². The number of aryl methyl sites for hydroxylation is 4. The maximum atomic E-state index is 12.5. The number of aromatic nitrogens is 6. The average Bonchev–Trinajstić information content (AvgIpc) is 3.49. The lowest BCUT2D eigenvalue weighted by molar-refractivity contribution is 0.302. The molecule has 4 aromatic rings. The molecule has 0 unspecified atom stereocenters. The summed E-state index contributed by atoms with van der Waals surface area (Å²) in [6, 6.07) is 12.1. The Hall–Kier alpha value is -3.68. The van der Waals surface area contributed by atoms with Crippen molar-refractivity contribution in [1.82, 2.24) is 29.6 Å². The molecule has 5 rings (SSSR count). The average molecular weight is 431 g/mol. The fourth-order valence-electron chi connectivity index (χ4n) is 4.19. The highest BCUT2D eigenvalue weighted by Crippen LogP contribution is 2.43. The van der Waals surface area contributed by atoms with Crippen LogP contribution in [0.2, 0.25) is 0 Å². The van der Waals surface area contributed by atoms with Crippen molar-refractivity contribution < 1.29 is 4.74 Å². The number of benzene rings is 2. The third kappa shape index (κ3) is 3.62. The molecular formula is C24H26N6O2. The van der Waals surface area contributed by atoms with E-state index in [4.69, 9.17) is 4.74 Å². The predicted octanol–water partition coefficient (Wildman–Crippen LogP) is 3.44. The molecule has 1 saturated carbocycles. The number of hydrogen-bond acceptors (Lipinski definition) is 5. The second-order valence-electron chi connectivity index (χ2n) is 8.52. The Morgan fingerprint density at radius 1 is 1.06 bits per heavy atom. The van der Waals surface area contributed by atoms with Gasteiger partial charge in [0.25, 0.3) is 0 Å². The Morgan fingerprint density at radius 3 is 2.50 bits per heavy atom. The third-order valence-electron chi connectivity index (χ3n) is 5.99. The Kier molecular flexibility index (Phi) is 4.92. The van der Waals surface area contributed by atoms with E-state index in [2.05, 4.69) is 34.6 Å². The van der Waals surface area contributed by atoms with E-state index in [0.29, 0.717) is 12.5 Å². The first-order chi connectivity index (χ1) is 15.4. The van der Waals surface area contributed by atoms with E-state index in [-0.39, 0.29) is 5.69 Å². The van der Waals surface area contributed by atoms with Crippen LogP contribution in [0.25, 0.3) is 16.9 Å². The molecule has 32 heavy (non-hydrogen) atoms. The zero-order valence-electron chi connectivity index (χ0n) is 18.7. The number of ether oxygens (including phenoxy) is 1. The van der Waals surface area contributed by atoms with E-state index in [1.165, 1.54) is 14.9 Å². The van der Waals surface area contributed by atoms with Crippen molar-refractivity contribution in [3.8, 4) is 22.7 Å². The van der Waals surface area contributed by atoms with Crippen molar-refractivity contribution in [2.75, 3.05) is 0 Å². The summed E-state index contributed by atoms with van der Waals surface area (Å²) in [6.07, 6.45) is 4.33. The van der Waals surface area contributed by atoms with Gasteiger partial charge in [-0.1, -0.05) is 12.1 Å². The molecule has 0 aliphatic heterocycles. The van der Waals surface area contributed by atoms with Crippen molar-refractivity contribution in [2.24, 2.45) is 14.1 Å². The predicted molar refractivity (Wildman–Crippen MR) is 121 cm³/mol. The topological polar surface area (TPSA) is 79.8 Å². The fourth-order valence-corrected chi connectivity index (χ4v) is 4.19. The molecule has 1 aliphatic carbocycles. The van der Waals surface area contributed by atoms with Crippen LogP contribution in [0.15, 0.2) is 47.4 Å². The number of rotatable bonds is 6. The van der Waals surface area contributed by atoms with Gasteiger partial charge in [0.1, 0.15) is 12.4 Å². The normalized spacial score (nSPS) is 13.5. The summed E-state index contributed by atoms with van der Waals surface area (Å²) >= 11 is 0. The van der Waals surface area contributed by atoms with Crippen LogP contribution in [0.5, 0.6) is 5.75 Å². The molecule has 0 atom stereocenters. The lowest BCUT2D eigenvalue weighted by Crippen LogP contribution is -2.23. The third-order valence-corrected chi connectivity index (χ3v) is 5.99. The molecule has 0 N–H and O–H groups in total. The van der Waals surface area contributed by atoms with Crippen molar-refractivity contribution in [1.29, 1.82) is 0 Å². The van der Waals surface area contributed by atoms with Gasteiger partial charge in [0.05, 0.1) is 11.4 Å². The molecule has 0 spiro atoms. The molecule has 8 heteroatoms. The van der Waals surface area contributed by atoms with E-state index < -0.39 is 0 Å². The van der Waals surface area contributed by atoms with Crippen LogP contribution < -0.4 is 10.4 Å². The van der Waals surface area contributed by atoms with E-state index in [9.17, 15) is 4.79 Å². The van der Waals surface area contributed by atoms with Crippen molar-refractivity contribution >= 4 is 0 Å². The molecule has 2 aromatic carbocycles. The molecule has 1 fully saturated rings. The quantitative estimate of drug-likeness (QED) is 0.468. The van der Waals surface area contributed by atoms with Crippen LogP contribution >= 0.6 is 0 Å². The molecule has 0 saturated heterocycles. The largest absolute Gasteiger partial charge is 0.489 e. The van der Waals surface area contributed by atoms with Gasteiger partial charge in [-0.3, -0.25) is 4.68 Å². The molecule has 0 bridgehead atoms. The Morgan fingerprint density at radius 2 is 1.88 bits per heavy atom. The standard InChI is InChI=1S/C24H26N6O2/c1-15-12-18(23-16(2)13-28(3)25-23)10-11-22(15)32-14-20-19(17-8-9-17)6-5-7-21(20)30-24(31)29(4)26-27-30/h5-7,10-13,17H,8-9,14H2,1-4H3. The van der Waals surface area contributed by atoms with Gasteiger partial charge in [-0.25, -0.2) is 4.79 Å². The van der Waals surface area contributed by atoms with Gasteiger partial charge in [0.2, 0.25) is 0 Å². The van der Waals surface area contributed by atoms with Crippen LogP contribution in [-0.2, 0) is 20.7 Å². The summed E-state index contributed by atoms with van der Waals surface area (Å²) in [7, 11) is 3.53. The minimum absolute atomic E-state index is 0.273. The van der Waals surface area contributed by atoms with Crippen molar-refractivity contribution in [2.45, 2.75) is 39.2 Å².